The van der Waals surface area contributed by atoms with Crippen molar-refractivity contribution in [3.8, 4) is 0 Å². The zero-order valence-corrected chi connectivity index (χ0v) is 11.2. The first kappa shape index (κ1) is 14.8. The van der Waals surface area contributed by atoms with Gasteiger partial charge < -0.3 is 4.90 Å². The van der Waals surface area contributed by atoms with Crippen LogP contribution in [0.5, 0.6) is 0 Å². The highest BCUT2D eigenvalue weighted by Crippen LogP contribution is 2.04. The third-order valence-corrected chi connectivity index (χ3v) is 3.16. The van der Waals surface area contributed by atoms with Gasteiger partial charge in [-0.1, -0.05) is 32.6 Å². The molecule has 3 heteroatoms. The molecule has 0 heterocycles. The minimum absolute atomic E-state index is 0.292. The number of thioether (sulfide) groups is 1. The number of hydrogen-bond donors (Lipinski definition) is 0. The van der Waals surface area contributed by atoms with Crippen molar-refractivity contribution in [1.29, 1.82) is 0 Å². The van der Waals surface area contributed by atoms with E-state index >= 15 is 0 Å². The Balaban J connectivity index is 3.38. The van der Waals surface area contributed by atoms with E-state index in [2.05, 4.69) is 6.92 Å². The Kier molecular flexibility index (Phi) is 10.2. The molecule has 0 atom stereocenters. The first-order chi connectivity index (χ1) is 7.22. The highest BCUT2D eigenvalue weighted by molar-refractivity contribution is 7.98. The second-order valence-electron chi connectivity index (χ2n) is 3.97. The van der Waals surface area contributed by atoms with Crippen LogP contribution in [-0.4, -0.2) is 36.4 Å². The van der Waals surface area contributed by atoms with Gasteiger partial charge in [0, 0.05) is 25.8 Å². The van der Waals surface area contributed by atoms with E-state index in [1.54, 1.807) is 11.8 Å². The second kappa shape index (κ2) is 10.3. The van der Waals surface area contributed by atoms with Gasteiger partial charge in [0.15, 0.2) is 0 Å². The fraction of sp³-hybridized carbons (Fsp3) is 0.917. The molecule has 0 aliphatic carbocycles. The molecule has 15 heavy (non-hydrogen) atoms. The van der Waals surface area contributed by atoms with Crippen LogP contribution < -0.4 is 0 Å². The number of rotatable bonds is 9. The van der Waals surface area contributed by atoms with Gasteiger partial charge in [-0.2, -0.15) is 11.8 Å². The molecule has 2 nitrogen and oxygen atoms in total. The topological polar surface area (TPSA) is 20.3 Å². The fourth-order valence-electron chi connectivity index (χ4n) is 1.46. The molecule has 0 N–H and O–H groups in total. The van der Waals surface area contributed by atoms with Gasteiger partial charge in [-0.25, -0.2) is 0 Å². The summed E-state index contributed by atoms with van der Waals surface area (Å²) in [6, 6.07) is 0. The van der Waals surface area contributed by atoms with E-state index in [9.17, 15) is 4.79 Å². The molecule has 0 saturated carbocycles. The van der Waals surface area contributed by atoms with Gasteiger partial charge in [0.25, 0.3) is 0 Å². The van der Waals surface area contributed by atoms with Crippen molar-refractivity contribution in [2.24, 2.45) is 0 Å². The van der Waals surface area contributed by atoms with Crippen molar-refractivity contribution in [3.05, 3.63) is 0 Å². The third-order valence-electron chi connectivity index (χ3n) is 2.54. The predicted octanol–water partition coefficient (Wildman–Crippen LogP) is 3.17. The summed E-state index contributed by atoms with van der Waals surface area (Å²) in [5.74, 6) is 1.23. The minimum Gasteiger partial charge on any atom is -0.346 e. The predicted molar refractivity (Wildman–Crippen MR) is 69.4 cm³/mol. The highest BCUT2D eigenvalue weighted by Gasteiger charge is 2.06. The lowest BCUT2D eigenvalue weighted by Gasteiger charge is -2.16. The Hall–Kier alpha value is -0.180. The van der Waals surface area contributed by atoms with Gasteiger partial charge >= 0.3 is 0 Å². The van der Waals surface area contributed by atoms with Crippen molar-refractivity contribution in [3.63, 3.8) is 0 Å². The maximum absolute atomic E-state index is 11.5. The van der Waals surface area contributed by atoms with E-state index in [1.807, 2.05) is 18.2 Å². The van der Waals surface area contributed by atoms with Crippen LogP contribution in [0.1, 0.15) is 45.4 Å². The van der Waals surface area contributed by atoms with Crippen LogP contribution >= 0.6 is 11.8 Å². The molecular formula is C12H25NOS. The number of carbonyl (C=O) groups is 1. The second-order valence-corrected chi connectivity index (χ2v) is 4.96. The average molecular weight is 231 g/mol. The van der Waals surface area contributed by atoms with Gasteiger partial charge in [-0.15, -0.1) is 0 Å². The molecule has 0 unspecified atom stereocenters. The van der Waals surface area contributed by atoms with E-state index in [-0.39, 0.29) is 0 Å². The fourth-order valence-corrected chi connectivity index (χ4v) is 1.84. The van der Waals surface area contributed by atoms with E-state index in [0.717, 1.165) is 18.7 Å². The number of hydrogen-bond acceptors (Lipinski definition) is 2. The Bertz CT molecular complexity index is 162. The molecule has 0 aromatic rings. The molecule has 0 rings (SSSR count). The number of carbonyl (C=O) groups excluding carboxylic acids is 1. The Morgan fingerprint density at radius 2 is 1.87 bits per heavy atom. The summed E-state index contributed by atoms with van der Waals surface area (Å²) in [4.78, 5) is 13.4. The van der Waals surface area contributed by atoms with Crippen molar-refractivity contribution in [2.75, 3.05) is 25.6 Å². The van der Waals surface area contributed by atoms with E-state index in [1.165, 1.54) is 25.7 Å². The lowest BCUT2D eigenvalue weighted by atomic mass is 10.1. The molecule has 0 spiro atoms. The van der Waals surface area contributed by atoms with Gasteiger partial charge in [-0.3, -0.25) is 4.79 Å². The Morgan fingerprint density at radius 3 is 2.47 bits per heavy atom. The van der Waals surface area contributed by atoms with Crippen LogP contribution in [0.15, 0.2) is 0 Å². The molecule has 0 bridgehead atoms. The molecule has 0 fully saturated rings. The molecule has 0 aliphatic rings. The minimum atomic E-state index is 0.292. The number of amides is 1. The normalized spacial score (nSPS) is 10.3. The Morgan fingerprint density at radius 1 is 1.20 bits per heavy atom. The molecule has 0 saturated heterocycles. The third kappa shape index (κ3) is 8.79. The molecule has 0 aliphatic heterocycles. The molecule has 1 amide bonds. The summed E-state index contributed by atoms with van der Waals surface area (Å²) >= 11 is 1.73. The van der Waals surface area contributed by atoms with Crippen LogP contribution in [0.4, 0.5) is 0 Å². The molecular weight excluding hydrogens is 206 g/mol. The molecule has 0 radical (unpaired) electrons. The Labute approximate surface area is 98.8 Å². The standard InChI is InChI=1S/C12H25NOS/c1-4-5-6-7-8-10-13(2)12(14)9-11-15-3/h4-11H2,1-3H3. The zero-order valence-electron chi connectivity index (χ0n) is 10.4. The van der Waals surface area contributed by atoms with Crippen LogP contribution in [0.25, 0.3) is 0 Å². The average Bonchev–Trinajstić information content (AvgIpc) is 2.25. The number of unbranched alkanes of at least 4 members (excludes halogenated alkanes) is 4. The summed E-state index contributed by atoms with van der Waals surface area (Å²) in [5, 5.41) is 0. The lowest BCUT2D eigenvalue weighted by Crippen LogP contribution is -2.27. The lowest BCUT2D eigenvalue weighted by molar-refractivity contribution is -0.129. The molecule has 0 aromatic carbocycles. The molecule has 0 aromatic heterocycles. The highest BCUT2D eigenvalue weighted by atomic mass is 32.2. The summed E-state index contributed by atoms with van der Waals surface area (Å²) in [6.07, 6.45) is 9.05. The van der Waals surface area contributed by atoms with Crippen LogP contribution in [-0.2, 0) is 4.79 Å². The van der Waals surface area contributed by atoms with Crippen LogP contribution in [0, 0.1) is 0 Å². The van der Waals surface area contributed by atoms with Crippen molar-refractivity contribution in [1.82, 2.24) is 4.90 Å². The quantitative estimate of drug-likeness (QED) is 0.568. The SMILES string of the molecule is CCCCCCCN(C)C(=O)CCSC. The monoisotopic (exact) mass is 231 g/mol. The van der Waals surface area contributed by atoms with Gasteiger partial charge in [-0.05, 0) is 12.7 Å². The smallest absolute Gasteiger partial charge is 0.223 e. The van der Waals surface area contributed by atoms with Crippen molar-refractivity contribution < 1.29 is 4.79 Å². The summed E-state index contributed by atoms with van der Waals surface area (Å²) in [7, 11) is 1.92. The van der Waals surface area contributed by atoms with Crippen LogP contribution in [0.3, 0.4) is 0 Å². The van der Waals surface area contributed by atoms with Crippen molar-refractivity contribution >= 4 is 17.7 Å². The first-order valence-corrected chi connectivity index (χ1v) is 7.34. The number of nitrogens with zero attached hydrogens (tertiary/aromatic N) is 1. The van der Waals surface area contributed by atoms with E-state index in [0.29, 0.717) is 12.3 Å². The van der Waals surface area contributed by atoms with Crippen LogP contribution in [0.2, 0.25) is 0 Å². The maximum atomic E-state index is 11.5. The van der Waals surface area contributed by atoms with Gasteiger partial charge in [0.2, 0.25) is 5.91 Å². The van der Waals surface area contributed by atoms with E-state index in [4.69, 9.17) is 0 Å². The maximum Gasteiger partial charge on any atom is 0.223 e. The van der Waals surface area contributed by atoms with Crippen molar-refractivity contribution in [2.45, 2.75) is 45.4 Å². The summed E-state index contributed by atoms with van der Waals surface area (Å²) in [5.41, 5.74) is 0. The summed E-state index contributed by atoms with van der Waals surface area (Å²) < 4.78 is 0. The first-order valence-electron chi connectivity index (χ1n) is 5.95. The van der Waals surface area contributed by atoms with Gasteiger partial charge in [0.05, 0.1) is 0 Å². The van der Waals surface area contributed by atoms with E-state index < -0.39 is 0 Å². The van der Waals surface area contributed by atoms with Gasteiger partial charge in [0.1, 0.15) is 0 Å². The zero-order chi connectivity index (χ0) is 11.5. The molecule has 90 valence electrons. The summed E-state index contributed by atoms with van der Waals surface area (Å²) in [6.45, 7) is 3.15. The largest absolute Gasteiger partial charge is 0.346 e.